The summed E-state index contributed by atoms with van der Waals surface area (Å²) in [7, 11) is 1.68. The van der Waals surface area contributed by atoms with Gasteiger partial charge in [-0.25, -0.2) is 0 Å². The number of methoxy groups -OCH3 is 1. The maximum atomic E-state index is 5.94. The minimum atomic E-state index is 0.557. The molecule has 0 radical (unpaired) electrons. The van der Waals surface area contributed by atoms with E-state index in [0.717, 1.165) is 43.2 Å². The van der Waals surface area contributed by atoms with Crippen LogP contribution in [0.3, 0.4) is 0 Å². The normalized spacial score (nSPS) is 12.2. The summed E-state index contributed by atoms with van der Waals surface area (Å²) in [5, 5.41) is 3.32. The summed E-state index contributed by atoms with van der Waals surface area (Å²) in [5.74, 6) is 2.25. The Labute approximate surface area is 110 Å². The summed E-state index contributed by atoms with van der Waals surface area (Å²) in [5.41, 5.74) is 1.15. The molecular formula is C15H25NO2. The molecule has 1 aromatic carbocycles. The van der Waals surface area contributed by atoms with E-state index < -0.39 is 0 Å². The van der Waals surface area contributed by atoms with Gasteiger partial charge in [0.25, 0.3) is 0 Å². The van der Waals surface area contributed by atoms with Gasteiger partial charge in [0, 0.05) is 12.1 Å². The van der Waals surface area contributed by atoms with Gasteiger partial charge in [0.1, 0.15) is 0 Å². The predicted octanol–water partition coefficient (Wildman–Crippen LogP) is 3.23. The molecule has 0 saturated carbocycles. The van der Waals surface area contributed by atoms with Crippen LogP contribution in [-0.2, 0) is 6.54 Å². The van der Waals surface area contributed by atoms with E-state index in [4.69, 9.17) is 9.47 Å². The lowest BCUT2D eigenvalue weighted by Gasteiger charge is -2.17. The molecule has 1 atom stereocenters. The first kappa shape index (κ1) is 14.8. The average Bonchev–Trinajstić information content (AvgIpc) is 2.42. The quantitative estimate of drug-likeness (QED) is 0.769. The first-order valence-electron chi connectivity index (χ1n) is 6.72. The molecule has 1 aromatic rings. The van der Waals surface area contributed by atoms with Gasteiger partial charge in [-0.3, -0.25) is 0 Å². The summed E-state index contributed by atoms with van der Waals surface area (Å²) in [6.45, 7) is 8.95. The summed E-state index contributed by atoms with van der Waals surface area (Å²) in [6, 6.07) is 6.03. The highest BCUT2D eigenvalue weighted by molar-refractivity contribution is 5.46. The second-order valence-corrected chi connectivity index (χ2v) is 4.55. The van der Waals surface area contributed by atoms with E-state index in [9.17, 15) is 0 Å². The topological polar surface area (TPSA) is 30.5 Å². The van der Waals surface area contributed by atoms with Crippen LogP contribution < -0.4 is 14.8 Å². The van der Waals surface area contributed by atoms with E-state index in [1.807, 2.05) is 12.1 Å². The maximum Gasteiger partial charge on any atom is 0.165 e. The Bertz CT molecular complexity index is 352. The molecule has 102 valence electrons. The molecule has 0 amide bonds. The molecule has 0 aliphatic rings. The standard InChI is InChI=1S/C15H25NO2/c1-5-12(3)11-18-15-13(10-16-6-2)8-7-9-14(15)17-4/h7-9,12,16H,5-6,10-11H2,1-4H3. The molecule has 1 rings (SSSR count). The van der Waals surface area contributed by atoms with Gasteiger partial charge in [-0.2, -0.15) is 0 Å². The van der Waals surface area contributed by atoms with E-state index in [1.165, 1.54) is 0 Å². The van der Waals surface area contributed by atoms with Crippen molar-refractivity contribution in [1.29, 1.82) is 0 Å². The smallest absolute Gasteiger partial charge is 0.165 e. The van der Waals surface area contributed by atoms with Crippen molar-refractivity contribution in [2.24, 2.45) is 5.92 Å². The van der Waals surface area contributed by atoms with Crippen LogP contribution in [-0.4, -0.2) is 20.3 Å². The monoisotopic (exact) mass is 251 g/mol. The third kappa shape index (κ3) is 4.22. The van der Waals surface area contributed by atoms with E-state index in [-0.39, 0.29) is 0 Å². The third-order valence-electron chi connectivity index (χ3n) is 3.05. The van der Waals surface area contributed by atoms with Gasteiger partial charge in [0.15, 0.2) is 11.5 Å². The van der Waals surface area contributed by atoms with Crippen LogP contribution in [0, 0.1) is 5.92 Å². The van der Waals surface area contributed by atoms with Crippen LogP contribution >= 0.6 is 0 Å². The van der Waals surface area contributed by atoms with Crippen molar-refractivity contribution in [3.05, 3.63) is 23.8 Å². The number of rotatable bonds is 8. The maximum absolute atomic E-state index is 5.94. The second-order valence-electron chi connectivity index (χ2n) is 4.55. The minimum absolute atomic E-state index is 0.557. The lowest BCUT2D eigenvalue weighted by molar-refractivity contribution is 0.242. The van der Waals surface area contributed by atoms with Crippen LogP contribution in [0.25, 0.3) is 0 Å². The van der Waals surface area contributed by atoms with E-state index >= 15 is 0 Å². The van der Waals surface area contributed by atoms with E-state index in [2.05, 4.69) is 32.2 Å². The van der Waals surface area contributed by atoms with Crippen molar-refractivity contribution in [2.45, 2.75) is 33.7 Å². The van der Waals surface area contributed by atoms with Crippen molar-refractivity contribution in [3.8, 4) is 11.5 Å². The summed E-state index contributed by atoms with van der Waals surface area (Å²) >= 11 is 0. The predicted molar refractivity (Wildman–Crippen MR) is 75.3 cm³/mol. The third-order valence-corrected chi connectivity index (χ3v) is 3.05. The Morgan fingerprint density at radius 2 is 2.06 bits per heavy atom. The Morgan fingerprint density at radius 1 is 1.28 bits per heavy atom. The van der Waals surface area contributed by atoms with Gasteiger partial charge >= 0.3 is 0 Å². The highest BCUT2D eigenvalue weighted by Gasteiger charge is 2.11. The first-order valence-corrected chi connectivity index (χ1v) is 6.72. The van der Waals surface area contributed by atoms with Gasteiger partial charge in [-0.1, -0.05) is 39.3 Å². The zero-order chi connectivity index (χ0) is 13.4. The SMILES string of the molecule is CCNCc1cccc(OC)c1OCC(C)CC. The Kier molecular flexibility index (Phi) is 6.58. The fourth-order valence-corrected chi connectivity index (χ4v) is 1.63. The molecule has 0 aliphatic carbocycles. The average molecular weight is 251 g/mol. The van der Waals surface area contributed by atoms with Gasteiger partial charge in [0.2, 0.25) is 0 Å². The Balaban J connectivity index is 2.82. The summed E-state index contributed by atoms with van der Waals surface area (Å²) in [6.07, 6.45) is 1.12. The van der Waals surface area contributed by atoms with Crippen molar-refractivity contribution in [3.63, 3.8) is 0 Å². The largest absolute Gasteiger partial charge is 0.493 e. The molecule has 0 saturated heterocycles. The van der Waals surface area contributed by atoms with Crippen LogP contribution in [0.5, 0.6) is 11.5 Å². The molecule has 0 spiro atoms. The number of para-hydroxylation sites is 1. The molecule has 1 unspecified atom stereocenters. The highest BCUT2D eigenvalue weighted by atomic mass is 16.5. The molecule has 18 heavy (non-hydrogen) atoms. The van der Waals surface area contributed by atoms with E-state index in [0.29, 0.717) is 5.92 Å². The molecule has 0 bridgehead atoms. The fraction of sp³-hybridized carbons (Fsp3) is 0.600. The van der Waals surface area contributed by atoms with Crippen LogP contribution in [0.2, 0.25) is 0 Å². The van der Waals surface area contributed by atoms with Crippen LogP contribution in [0.4, 0.5) is 0 Å². The fourth-order valence-electron chi connectivity index (χ4n) is 1.63. The Hall–Kier alpha value is -1.22. The first-order chi connectivity index (χ1) is 8.72. The molecule has 0 aromatic heterocycles. The Morgan fingerprint density at radius 3 is 2.67 bits per heavy atom. The van der Waals surface area contributed by atoms with Crippen molar-refractivity contribution < 1.29 is 9.47 Å². The highest BCUT2D eigenvalue weighted by Crippen LogP contribution is 2.31. The molecule has 1 N–H and O–H groups in total. The molecule has 0 fully saturated rings. The summed E-state index contributed by atoms with van der Waals surface area (Å²) < 4.78 is 11.3. The molecule has 3 nitrogen and oxygen atoms in total. The number of ether oxygens (including phenoxy) is 2. The molecule has 0 aliphatic heterocycles. The lowest BCUT2D eigenvalue weighted by Crippen LogP contribution is -2.15. The van der Waals surface area contributed by atoms with Crippen LogP contribution in [0.15, 0.2) is 18.2 Å². The van der Waals surface area contributed by atoms with Crippen molar-refractivity contribution >= 4 is 0 Å². The van der Waals surface area contributed by atoms with E-state index in [1.54, 1.807) is 7.11 Å². The van der Waals surface area contributed by atoms with Crippen molar-refractivity contribution in [1.82, 2.24) is 5.32 Å². The zero-order valence-corrected chi connectivity index (χ0v) is 12.0. The second kappa shape index (κ2) is 7.98. The molecule has 0 heterocycles. The number of hydrogen-bond acceptors (Lipinski definition) is 3. The number of nitrogens with one attached hydrogen (secondary N) is 1. The van der Waals surface area contributed by atoms with Gasteiger partial charge in [-0.05, 0) is 18.5 Å². The number of hydrogen-bond donors (Lipinski definition) is 1. The number of benzene rings is 1. The minimum Gasteiger partial charge on any atom is -0.493 e. The lowest BCUT2D eigenvalue weighted by atomic mass is 10.1. The van der Waals surface area contributed by atoms with Crippen molar-refractivity contribution in [2.75, 3.05) is 20.3 Å². The summed E-state index contributed by atoms with van der Waals surface area (Å²) in [4.78, 5) is 0. The van der Waals surface area contributed by atoms with Crippen LogP contribution in [0.1, 0.15) is 32.8 Å². The van der Waals surface area contributed by atoms with Gasteiger partial charge < -0.3 is 14.8 Å². The molecule has 3 heteroatoms. The zero-order valence-electron chi connectivity index (χ0n) is 12.0. The molecular weight excluding hydrogens is 226 g/mol. The van der Waals surface area contributed by atoms with Gasteiger partial charge in [0.05, 0.1) is 13.7 Å². The van der Waals surface area contributed by atoms with Gasteiger partial charge in [-0.15, -0.1) is 0 Å².